The number of hydrogen-bond donors (Lipinski definition) is 3. The van der Waals surface area contributed by atoms with Crippen LogP contribution in [0.2, 0.25) is 0 Å². The fourth-order valence-corrected chi connectivity index (χ4v) is 5.99. The van der Waals surface area contributed by atoms with Crippen molar-refractivity contribution < 1.29 is 13.0 Å². The van der Waals surface area contributed by atoms with Crippen LogP contribution in [0.1, 0.15) is 96.8 Å². The lowest BCUT2D eigenvalue weighted by atomic mass is 10.0. The molecule has 5 nitrogen and oxygen atoms in total. The molecule has 1 unspecified atom stereocenters. The number of unbranched alkanes of at least 4 members (excludes halogenated alkanes) is 12. The van der Waals surface area contributed by atoms with E-state index in [2.05, 4.69) is 40.1 Å². The van der Waals surface area contributed by atoms with E-state index in [-0.39, 0.29) is 4.90 Å². The van der Waals surface area contributed by atoms with E-state index in [9.17, 15) is 13.0 Å². The normalized spacial score (nSPS) is 12.8. The molecular weight excluding hydrogens is 571 g/mol. The van der Waals surface area contributed by atoms with Gasteiger partial charge >= 0.3 is 0 Å². The van der Waals surface area contributed by atoms with E-state index in [0.717, 1.165) is 24.2 Å². The molecular formula is C28H45IN2O3S. The SMILES string of the molecule is CCCCCCCCCCCCCCCC(I)NCCNc1cccc2c(S(=O)(=O)O)cccc12. The van der Waals surface area contributed by atoms with Crippen molar-refractivity contribution in [3.8, 4) is 0 Å². The Morgan fingerprint density at radius 2 is 1.31 bits per heavy atom. The molecule has 2 aromatic carbocycles. The predicted octanol–water partition coefficient (Wildman–Crippen LogP) is 8.33. The Bertz CT molecular complexity index is 952. The number of benzene rings is 2. The first kappa shape index (κ1) is 30.3. The minimum absolute atomic E-state index is 0.0538. The first-order chi connectivity index (χ1) is 16.9. The molecule has 0 saturated heterocycles. The molecule has 0 aliphatic carbocycles. The van der Waals surface area contributed by atoms with Crippen molar-refractivity contribution in [1.29, 1.82) is 0 Å². The van der Waals surface area contributed by atoms with E-state index in [1.54, 1.807) is 12.1 Å². The number of anilines is 1. The summed E-state index contributed by atoms with van der Waals surface area (Å²) >= 11 is 2.49. The number of fused-ring (bicyclic) bond motifs is 1. The average Bonchev–Trinajstić information content (AvgIpc) is 2.83. The minimum Gasteiger partial charge on any atom is -0.383 e. The summed E-state index contributed by atoms with van der Waals surface area (Å²) in [5, 5.41) is 8.29. The van der Waals surface area contributed by atoms with Crippen LogP contribution in [0.15, 0.2) is 41.3 Å². The highest BCUT2D eigenvalue weighted by Crippen LogP contribution is 2.28. The molecule has 0 bridgehead atoms. The Labute approximate surface area is 227 Å². The Kier molecular flexibility index (Phi) is 15.2. The molecule has 2 aromatic rings. The maximum atomic E-state index is 11.7. The quantitative estimate of drug-likeness (QED) is 0.0459. The van der Waals surface area contributed by atoms with Gasteiger partial charge in [-0.2, -0.15) is 8.42 Å². The summed E-state index contributed by atoms with van der Waals surface area (Å²) in [4.78, 5) is -0.0538. The standard InChI is InChI=1S/C28H45IN2O3S/c1-2-3-4-5-6-7-8-9-10-11-12-13-14-21-28(29)31-23-22-30-26-19-15-18-25-24(26)17-16-20-27(25)35(32,33)34/h15-20,28,30-31H,2-14,21-23H2,1H3,(H,32,33,34). The maximum Gasteiger partial charge on any atom is 0.295 e. The number of halogens is 1. The van der Waals surface area contributed by atoms with Crippen molar-refractivity contribution in [2.45, 2.75) is 106 Å². The van der Waals surface area contributed by atoms with Crippen molar-refractivity contribution >= 4 is 49.2 Å². The predicted molar refractivity (Wildman–Crippen MR) is 158 cm³/mol. The van der Waals surface area contributed by atoms with Crippen LogP contribution in [0, 0.1) is 0 Å². The van der Waals surface area contributed by atoms with Gasteiger partial charge in [-0.05, 0) is 18.6 Å². The smallest absolute Gasteiger partial charge is 0.295 e. The van der Waals surface area contributed by atoms with Crippen LogP contribution in [-0.4, -0.2) is 30.1 Å². The molecule has 0 aromatic heterocycles. The van der Waals surface area contributed by atoms with Crippen molar-refractivity contribution in [3.05, 3.63) is 36.4 Å². The van der Waals surface area contributed by atoms with Crippen LogP contribution in [0.4, 0.5) is 5.69 Å². The van der Waals surface area contributed by atoms with E-state index in [4.69, 9.17) is 0 Å². The van der Waals surface area contributed by atoms with Crippen LogP contribution in [-0.2, 0) is 10.1 Å². The molecule has 7 heteroatoms. The van der Waals surface area contributed by atoms with Crippen LogP contribution in [0.25, 0.3) is 10.8 Å². The van der Waals surface area contributed by atoms with Gasteiger partial charge in [-0.15, -0.1) is 0 Å². The Morgan fingerprint density at radius 3 is 1.91 bits per heavy atom. The first-order valence-electron chi connectivity index (χ1n) is 13.5. The van der Waals surface area contributed by atoms with Crippen LogP contribution in [0.3, 0.4) is 0 Å². The Balaban J connectivity index is 1.52. The van der Waals surface area contributed by atoms with Crippen LogP contribution in [0.5, 0.6) is 0 Å². The van der Waals surface area contributed by atoms with Gasteiger partial charge in [-0.1, -0.05) is 137 Å². The average molecular weight is 617 g/mol. The second-order valence-corrected chi connectivity index (χ2v) is 12.4. The molecule has 0 aliphatic rings. The molecule has 0 spiro atoms. The minimum atomic E-state index is -4.25. The third-order valence-corrected chi connectivity index (χ3v) is 8.50. The van der Waals surface area contributed by atoms with Gasteiger partial charge in [0.05, 0.1) is 4.05 Å². The summed E-state index contributed by atoms with van der Waals surface area (Å²) < 4.78 is 33.3. The largest absolute Gasteiger partial charge is 0.383 e. The van der Waals surface area contributed by atoms with E-state index in [0.29, 0.717) is 9.43 Å². The van der Waals surface area contributed by atoms with E-state index < -0.39 is 10.1 Å². The summed E-state index contributed by atoms with van der Waals surface area (Å²) in [6, 6.07) is 10.4. The molecule has 1 atom stereocenters. The molecule has 3 N–H and O–H groups in total. The summed E-state index contributed by atoms with van der Waals surface area (Å²) in [7, 11) is -4.25. The fourth-order valence-electron chi connectivity index (χ4n) is 4.53. The third kappa shape index (κ3) is 12.3. The zero-order valence-corrected chi connectivity index (χ0v) is 24.4. The van der Waals surface area contributed by atoms with Gasteiger partial charge in [-0.25, -0.2) is 0 Å². The van der Waals surface area contributed by atoms with E-state index in [1.807, 2.05) is 18.2 Å². The van der Waals surface area contributed by atoms with Crippen LogP contribution < -0.4 is 10.6 Å². The number of hydrogen-bond acceptors (Lipinski definition) is 4. The van der Waals surface area contributed by atoms with Crippen molar-refractivity contribution in [3.63, 3.8) is 0 Å². The molecule has 0 radical (unpaired) electrons. The zero-order chi connectivity index (χ0) is 25.4. The Hall–Kier alpha value is -0.900. The monoisotopic (exact) mass is 616 g/mol. The molecule has 0 aliphatic heterocycles. The van der Waals surface area contributed by atoms with Gasteiger partial charge in [0.25, 0.3) is 10.1 Å². The summed E-state index contributed by atoms with van der Waals surface area (Å²) in [5.74, 6) is 0. The van der Waals surface area contributed by atoms with Crippen molar-refractivity contribution in [1.82, 2.24) is 5.32 Å². The second-order valence-electron chi connectivity index (χ2n) is 9.51. The van der Waals surface area contributed by atoms with Gasteiger partial charge in [0.15, 0.2) is 0 Å². The van der Waals surface area contributed by atoms with Gasteiger partial charge in [0.1, 0.15) is 4.90 Å². The molecule has 0 saturated carbocycles. The molecule has 2 rings (SSSR count). The number of rotatable bonds is 20. The van der Waals surface area contributed by atoms with Gasteiger partial charge in [0.2, 0.25) is 0 Å². The fraction of sp³-hybridized carbons (Fsp3) is 0.643. The van der Waals surface area contributed by atoms with E-state index in [1.165, 1.54) is 96.0 Å². The first-order valence-corrected chi connectivity index (χ1v) is 16.2. The molecule has 0 fully saturated rings. The molecule has 198 valence electrons. The number of nitrogens with one attached hydrogen (secondary N) is 2. The lowest BCUT2D eigenvalue weighted by Crippen LogP contribution is -2.28. The van der Waals surface area contributed by atoms with Gasteiger partial charge in [-0.3, -0.25) is 4.55 Å². The second kappa shape index (κ2) is 17.5. The number of alkyl halides is 1. The van der Waals surface area contributed by atoms with E-state index >= 15 is 0 Å². The van der Waals surface area contributed by atoms with Gasteiger partial charge in [0, 0.05) is 29.5 Å². The zero-order valence-electron chi connectivity index (χ0n) is 21.4. The lowest BCUT2D eigenvalue weighted by Gasteiger charge is -2.14. The maximum absolute atomic E-state index is 11.7. The highest BCUT2D eigenvalue weighted by Gasteiger charge is 2.14. The Morgan fingerprint density at radius 1 is 0.771 bits per heavy atom. The summed E-state index contributed by atoms with van der Waals surface area (Å²) in [6.07, 6.45) is 19.2. The topological polar surface area (TPSA) is 78.4 Å². The third-order valence-electron chi connectivity index (χ3n) is 6.53. The highest BCUT2D eigenvalue weighted by atomic mass is 127. The molecule has 0 heterocycles. The van der Waals surface area contributed by atoms with Gasteiger partial charge < -0.3 is 10.6 Å². The molecule has 35 heavy (non-hydrogen) atoms. The van der Waals surface area contributed by atoms with Crippen molar-refractivity contribution in [2.75, 3.05) is 18.4 Å². The summed E-state index contributed by atoms with van der Waals surface area (Å²) in [5.41, 5.74) is 0.872. The van der Waals surface area contributed by atoms with Crippen LogP contribution >= 0.6 is 22.6 Å². The highest BCUT2D eigenvalue weighted by molar-refractivity contribution is 14.1. The van der Waals surface area contributed by atoms with Crippen molar-refractivity contribution in [2.24, 2.45) is 0 Å². The summed E-state index contributed by atoms with van der Waals surface area (Å²) in [6.45, 7) is 3.85. The molecule has 0 amide bonds. The lowest BCUT2D eigenvalue weighted by molar-refractivity contribution is 0.484.